The van der Waals surface area contributed by atoms with E-state index in [0.717, 1.165) is 10.2 Å². The minimum Gasteiger partial charge on any atom is -0.467 e. The van der Waals surface area contributed by atoms with Crippen LogP contribution in [0.5, 0.6) is 0 Å². The Balaban J connectivity index is 1.82. The third-order valence-corrected chi connectivity index (χ3v) is 3.77. The number of aliphatic hydroxyl groups is 1. The van der Waals surface area contributed by atoms with Crippen molar-refractivity contribution in [2.45, 2.75) is 31.6 Å². The van der Waals surface area contributed by atoms with E-state index < -0.39 is 5.60 Å². The predicted molar refractivity (Wildman–Crippen MR) is 63.1 cm³/mol. The van der Waals surface area contributed by atoms with E-state index in [0.29, 0.717) is 26.1 Å². The van der Waals surface area contributed by atoms with Crippen molar-refractivity contribution in [1.82, 2.24) is 5.32 Å². The van der Waals surface area contributed by atoms with Gasteiger partial charge in [-0.1, -0.05) is 0 Å². The molecule has 90 valence electrons. The molecular weight excluding hydrogens is 274 g/mol. The Morgan fingerprint density at radius 1 is 1.69 bits per heavy atom. The zero-order valence-electron chi connectivity index (χ0n) is 9.20. The Morgan fingerprint density at radius 2 is 2.50 bits per heavy atom. The normalized spacial score (nSPS) is 29.8. The molecule has 2 unspecified atom stereocenters. The Kier molecular flexibility index (Phi) is 3.69. The zero-order valence-corrected chi connectivity index (χ0v) is 10.8. The fourth-order valence-corrected chi connectivity index (χ4v) is 2.19. The number of furan rings is 1. The molecule has 1 fully saturated rings. The number of hydrogen-bond donors (Lipinski definition) is 2. The molecule has 0 aromatic carbocycles. The highest BCUT2D eigenvalue weighted by Gasteiger charge is 2.38. The van der Waals surface area contributed by atoms with Gasteiger partial charge < -0.3 is 19.6 Å². The second kappa shape index (κ2) is 4.87. The number of ether oxygens (including phenoxy) is 1. The summed E-state index contributed by atoms with van der Waals surface area (Å²) in [6.45, 7) is 3.64. The molecule has 1 aromatic heterocycles. The maximum Gasteiger partial charge on any atom is 0.131 e. The molecule has 0 aliphatic carbocycles. The summed E-state index contributed by atoms with van der Waals surface area (Å²) in [5.74, 6) is 0.843. The lowest BCUT2D eigenvalue weighted by atomic mass is 9.97. The molecule has 5 heteroatoms. The lowest BCUT2D eigenvalue weighted by molar-refractivity contribution is -0.0265. The highest BCUT2D eigenvalue weighted by molar-refractivity contribution is 9.10. The van der Waals surface area contributed by atoms with E-state index in [4.69, 9.17) is 9.15 Å². The third kappa shape index (κ3) is 2.48. The highest BCUT2D eigenvalue weighted by atomic mass is 79.9. The molecular formula is C11H16BrNO3. The van der Waals surface area contributed by atoms with Crippen molar-refractivity contribution >= 4 is 15.9 Å². The first-order valence-corrected chi connectivity index (χ1v) is 6.18. The average Bonchev–Trinajstić information content (AvgIpc) is 2.77. The van der Waals surface area contributed by atoms with E-state index >= 15 is 0 Å². The maximum atomic E-state index is 10.2. The zero-order chi connectivity index (χ0) is 11.6. The van der Waals surface area contributed by atoms with Gasteiger partial charge in [0.25, 0.3) is 0 Å². The molecule has 2 N–H and O–H groups in total. The van der Waals surface area contributed by atoms with Crippen LogP contribution >= 0.6 is 15.9 Å². The van der Waals surface area contributed by atoms with Crippen molar-refractivity contribution in [3.05, 3.63) is 22.6 Å². The van der Waals surface area contributed by atoms with E-state index in [1.807, 2.05) is 13.0 Å². The Hall–Kier alpha value is -0.360. The van der Waals surface area contributed by atoms with Crippen molar-refractivity contribution in [1.29, 1.82) is 0 Å². The van der Waals surface area contributed by atoms with Crippen LogP contribution in [0.15, 0.2) is 21.2 Å². The summed E-state index contributed by atoms with van der Waals surface area (Å²) in [6, 6.07) is 1.85. The standard InChI is InChI=1S/C11H16BrNO3/c1-8-11(14,3-5-15-8)7-13-6-10-9(12)2-4-16-10/h2,4,8,13-14H,3,5-7H2,1H3. The van der Waals surface area contributed by atoms with Gasteiger partial charge in [-0.2, -0.15) is 0 Å². The third-order valence-electron chi connectivity index (χ3n) is 3.07. The van der Waals surface area contributed by atoms with Crippen molar-refractivity contribution in [2.24, 2.45) is 0 Å². The number of rotatable bonds is 4. The molecule has 0 amide bonds. The first-order valence-electron chi connectivity index (χ1n) is 5.38. The molecule has 2 heterocycles. The smallest absolute Gasteiger partial charge is 0.131 e. The summed E-state index contributed by atoms with van der Waals surface area (Å²) in [7, 11) is 0. The van der Waals surface area contributed by atoms with Gasteiger partial charge >= 0.3 is 0 Å². The Labute approximate surface area is 103 Å². The van der Waals surface area contributed by atoms with E-state index in [2.05, 4.69) is 21.2 Å². The van der Waals surface area contributed by atoms with Gasteiger partial charge in [-0.25, -0.2) is 0 Å². The molecule has 2 rings (SSSR count). The molecule has 0 saturated carbocycles. The summed E-state index contributed by atoms with van der Waals surface area (Å²) in [4.78, 5) is 0. The fraction of sp³-hybridized carbons (Fsp3) is 0.636. The second-order valence-electron chi connectivity index (χ2n) is 4.16. The molecule has 1 aromatic rings. The second-order valence-corrected chi connectivity index (χ2v) is 5.02. The van der Waals surface area contributed by atoms with Crippen LogP contribution in [0.1, 0.15) is 19.1 Å². The lowest BCUT2D eigenvalue weighted by Crippen LogP contribution is -2.45. The molecule has 4 nitrogen and oxygen atoms in total. The van der Waals surface area contributed by atoms with Crippen molar-refractivity contribution in [3.8, 4) is 0 Å². The van der Waals surface area contributed by atoms with E-state index in [-0.39, 0.29) is 6.10 Å². The van der Waals surface area contributed by atoms with Gasteiger partial charge in [0.05, 0.1) is 23.4 Å². The van der Waals surface area contributed by atoms with Gasteiger partial charge in [-0.3, -0.25) is 0 Å². The van der Waals surface area contributed by atoms with Crippen LogP contribution in [0, 0.1) is 0 Å². The lowest BCUT2D eigenvalue weighted by Gasteiger charge is -2.26. The van der Waals surface area contributed by atoms with Gasteiger partial charge in [0.2, 0.25) is 0 Å². The largest absolute Gasteiger partial charge is 0.467 e. The van der Waals surface area contributed by atoms with Gasteiger partial charge in [0, 0.05) is 19.6 Å². The summed E-state index contributed by atoms with van der Waals surface area (Å²) in [5.41, 5.74) is -0.751. The summed E-state index contributed by atoms with van der Waals surface area (Å²) in [6.07, 6.45) is 2.21. The van der Waals surface area contributed by atoms with Crippen LogP contribution < -0.4 is 5.32 Å². The molecule has 16 heavy (non-hydrogen) atoms. The van der Waals surface area contributed by atoms with E-state index in [1.165, 1.54) is 0 Å². The maximum absolute atomic E-state index is 10.2. The molecule has 1 aliphatic rings. The molecule has 0 spiro atoms. The summed E-state index contributed by atoms with van der Waals surface area (Å²) >= 11 is 3.38. The van der Waals surface area contributed by atoms with Gasteiger partial charge in [-0.05, 0) is 28.9 Å². The highest BCUT2D eigenvalue weighted by Crippen LogP contribution is 2.25. The van der Waals surface area contributed by atoms with E-state index in [1.54, 1.807) is 6.26 Å². The van der Waals surface area contributed by atoms with Crippen molar-refractivity contribution in [3.63, 3.8) is 0 Å². The number of hydrogen-bond acceptors (Lipinski definition) is 4. The van der Waals surface area contributed by atoms with Crippen LogP contribution in [-0.4, -0.2) is 30.0 Å². The molecule has 2 atom stereocenters. The van der Waals surface area contributed by atoms with Gasteiger partial charge in [0.1, 0.15) is 11.4 Å². The van der Waals surface area contributed by atoms with Crippen LogP contribution in [0.3, 0.4) is 0 Å². The minimum atomic E-state index is -0.751. The molecule has 1 saturated heterocycles. The molecule has 0 bridgehead atoms. The van der Waals surface area contributed by atoms with E-state index in [9.17, 15) is 5.11 Å². The quantitative estimate of drug-likeness (QED) is 0.885. The SMILES string of the molecule is CC1OCCC1(O)CNCc1occc1Br. The Bertz CT molecular complexity index is 355. The predicted octanol–water partition coefficient (Wildman–Crippen LogP) is 1.67. The fourth-order valence-electron chi connectivity index (χ4n) is 1.85. The topological polar surface area (TPSA) is 54.6 Å². The van der Waals surface area contributed by atoms with Crippen LogP contribution in [-0.2, 0) is 11.3 Å². The first-order chi connectivity index (χ1) is 7.62. The van der Waals surface area contributed by atoms with Crippen molar-refractivity contribution in [2.75, 3.05) is 13.2 Å². The average molecular weight is 290 g/mol. The number of nitrogens with one attached hydrogen (secondary N) is 1. The summed E-state index contributed by atoms with van der Waals surface area (Å²) in [5, 5.41) is 13.4. The van der Waals surface area contributed by atoms with Crippen LogP contribution in [0.2, 0.25) is 0 Å². The van der Waals surface area contributed by atoms with Crippen LogP contribution in [0.25, 0.3) is 0 Å². The van der Waals surface area contributed by atoms with Gasteiger partial charge in [0.15, 0.2) is 0 Å². The summed E-state index contributed by atoms with van der Waals surface area (Å²) < 4.78 is 11.6. The monoisotopic (exact) mass is 289 g/mol. The number of halogens is 1. The Morgan fingerprint density at radius 3 is 3.06 bits per heavy atom. The minimum absolute atomic E-state index is 0.111. The van der Waals surface area contributed by atoms with Crippen molar-refractivity contribution < 1.29 is 14.3 Å². The molecule has 0 radical (unpaired) electrons. The van der Waals surface area contributed by atoms with Crippen LogP contribution in [0.4, 0.5) is 0 Å². The first kappa shape index (κ1) is 12.1. The molecule has 1 aliphatic heterocycles. The van der Waals surface area contributed by atoms with Gasteiger partial charge in [-0.15, -0.1) is 0 Å².